The maximum atomic E-state index is 13.9. The third-order valence-corrected chi connectivity index (χ3v) is 11.2. The molecule has 0 radical (unpaired) electrons. The number of carbonyl (C=O) groups excluding carboxylic acids is 3. The Morgan fingerprint density at radius 1 is 1.19 bits per heavy atom. The number of allylic oxidation sites excluding steroid dienone is 1. The van der Waals surface area contributed by atoms with Crippen molar-refractivity contribution in [3.63, 3.8) is 0 Å². The average Bonchev–Trinajstić information content (AvgIpc) is 3.44. The summed E-state index contributed by atoms with van der Waals surface area (Å²) < 4.78 is 0. The van der Waals surface area contributed by atoms with Crippen molar-refractivity contribution in [2.45, 2.75) is 84.6 Å². The highest BCUT2D eigenvalue weighted by molar-refractivity contribution is 5.91. The van der Waals surface area contributed by atoms with Gasteiger partial charge in [-0.1, -0.05) is 20.3 Å². The van der Waals surface area contributed by atoms with Gasteiger partial charge < -0.3 is 16.0 Å². The van der Waals surface area contributed by atoms with Gasteiger partial charge in [-0.3, -0.25) is 19.5 Å². The van der Waals surface area contributed by atoms with E-state index in [2.05, 4.69) is 29.4 Å². The molecule has 1 saturated heterocycles. The van der Waals surface area contributed by atoms with Gasteiger partial charge in [0.2, 0.25) is 17.7 Å². The van der Waals surface area contributed by atoms with Crippen molar-refractivity contribution in [1.29, 1.82) is 0 Å². The number of carbonyl (C=O) groups is 3. The molecule has 200 valence electrons. The summed E-state index contributed by atoms with van der Waals surface area (Å²) in [5.74, 6) is -0.137. The lowest BCUT2D eigenvalue weighted by Gasteiger charge is -2.62. The molecule has 4 aliphatic carbocycles. The van der Waals surface area contributed by atoms with Crippen molar-refractivity contribution < 1.29 is 14.4 Å². The highest BCUT2D eigenvalue weighted by Gasteiger charge is 2.65. The average molecular weight is 508 g/mol. The van der Waals surface area contributed by atoms with E-state index < -0.39 is 17.3 Å². The number of fused-ring (bicyclic) bond motifs is 5. The molecule has 0 bridgehead atoms. The smallest absolute Gasteiger partial charge is 0.227 e. The summed E-state index contributed by atoms with van der Waals surface area (Å²) in [7, 11) is 1.80. The van der Waals surface area contributed by atoms with E-state index in [0.29, 0.717) is 18.4 Å². The molecular weight excluding hydrogens is 466 g/mol. The third-order valence-electron chi connectivity index (χ3n) is 11.2. The van der Waals surface area contributed by atoms with Crippen molar-refractivity contribution in [1.82, 2.24) is 20.4 Å². The fraction of sp³-hybridized carbons (Fsp3) is 0.724. The van der Waals surface area contributed by atoms with E-state index in [1.165, 1.54) is 25.7 Å². The standard InChI is InChI=1S/C29H41N5O3/c1-15-23(26(30)36)24-18-6-5-10-28(18,2)11-9-19(24)29(3)20(13-22(35)34(4)25(15)29)27(37)31-14-17-12-21(33-32-17)16-7-8-16/h12,16,18-20,23-24H,5-11,13-14H2,1-4H3,(H2,30,36)(H,31,37)(H,32,33)/t18-,19+,20?,23?,24-,28-,29-/m0/s1. The van der Waals surface area contributed by atoms with Crippen LogP contribution in [0.1, 0.15) is 89.4 Å². The first-order valence-electron chi connectivity index (χ1n) is 14.1. The summed E-state index contributed by atoms with van der Waals surface area (Å²) in [6.07, 6.45) is 8.07. The van der Waals surface area contributed by atoms with Crippen molar-refractivity contribution in [3.8, 4) is 0 Å². The SMILES string of the molecule is CC1=C2N(C)C(=O)CC(C(=O)NCc3cc(C4CC4)[nH]n3)[C@]2(C)[C@@H]2CC[C@]3(C)CCC[C@H]3[C@@H]2C1C(N)=O. The molecule has 3 saturated carbocycles. The van der Waals surface area contributed by atoms with E-state index in [0.717, 1.165) is 41.9 Å². The molecule has 2 heterocycles. The van der Waals surface area contributed by atoms with Crippen LogP contribution in [-0.4, -0.2) is 39.9 Å². The Kier molecular flexibility index (Phi) is 5.63. The number of hydrogen-bond donors (Lipinski definition) is 3. The third kappa shape index (κ3) is 3.61. The summed E-state index contributed by atoms with van der Waals surface area (Å²) in [4.78, 5) is 41.9. The molecule has 1 aromatic heterocycles. The molecule has 1 aromatic rings. The number of piperidine rings is 1. The first kappa shape index (κ1) is 24.7. The fourth-order valence-corrected chi connectivity index (χ4v) is 9.23. The molecule has 5 aliphatic rings. The minimum absolute atomic E-state index is 0.0778. The monoisotopic (exact) mass is 507 g/mol. The first-order valence-corrected chi connectivity index (χ1v) is 14.1. The van der Waals surface area contributed by atoms with Crippen LogP contribution in [0.2, 0.25) is 0 Å². The van der Waals surface area contributed by atoms with Gasteiger partial charge in [-0.15, -0.1) is 0 Å². The van der Waals surface area contributed by atoms with E-state index in [1.807, 2.05) is 13.0 Å². The molecule has 3 amide bonds. The Morgan fingerprint density at radius 2 is 1.95 bits per heavy atom. The van der Waals surface area contributed by atoms with Crippen LogP contribution in [0.25, 0.3) is 0 Å². The second-order valence-electron chi connectivity index (χ2n) is 13.1. The summed E-state index contributed by atoms with van der Waals surface area (Å²) in [6, 6.07) is 2.05. The molecule has 6 rings (SSSR count). The van der Waals surface area contributed by atoms with Gasteiger partial charge in [0.15, 0.2) is 0 Å². The molecule has 1 aliphatic heterocycles. The van der Waals surface area contributed by atoms with Gasteiger partial charge >= 0.3 is 0 Å². The molecule has 7 atom stereocenters. The largest absolute Gasteiger partial charge is 0.369 e. The number of aromatic nitrogens is 2. The normalized spacial score (nSPS) is 39.2. The predicted molar refractivity (Wildman–Crippen MR) is 138 cm³/mol. The zero-order valence-electron chi connectivity index (χ0n) is 22.6. The number of nitrogens with zero attached hydrogens (tertiary/aromatic N) is 2. The van der Waals surface area contributed by atoms with Crippen molar-refractivity contribution in [2.24, 2.45) is 46.2 Å². The van der Waals surface area contributed by atoms with Crippen molar-refractivity contribution in [2.75, 3.05) is 7.05 Å². The molecule has 8 nitrogen and oxygen atoms in total. The van der Waals surface area contributed by atoms with Gasteiger partial charge in [0, 0.05) is 36.2 Å². The number of amides is 3. The van der Waals surface area contributed by atoms with Gasteiger partial charge in [0.05, 0.1) is 24.1 Å². The van der Waals surface area contributed by atoms with Gasteiger partial charge in [0.25, 0.3) is 0 Å². The van der Waals surface area contributed by atoms with Gasteiger partial charge in [-0.25, -0.2) is 0 Å². The zero-order valence-corrected chi connectivity index (χ0v) is 22.6. The van der Waals surface area contributed by atoms with E-state index in [4.69, 9.17) is 5.73 Å². The fourth-order valence-electron chi connectivity index (χ4n) is 9.23. The molecule has 4 N–H and O–H groups in total. The number of primary amides is 1. The van der Waals surface area contributed by atoms with E-state index in [1.54, 1.807) is 11.9 Å². The molecular formula is C29H41N5O3. The van der Waals surface area contributed by atoms with E-state index in [9.17, 15) is 14.4 Å². The number of H-pyrrole nitrogens is 1. The quantitative estimate of drug-likeness (QED) is 0.564. The zero-order chi connectivity index (χ0) is 26.3. The van der Waals surface area contributed by atoms with E-state index in [-0.39, 0.29) is 41.4 Å². The maximum Gasteiger partial charge on any atom is 0.227 e. The predicted octanol–water partition coefficient (Wildman–Crippen LogP) is 3.61. The van der Waals surface area contributed by atoms with Crippen LogP contribution >= 0.6 is 0 Å². The summed E-state index contributed by atoms with van der Waals surface area (Å²) in [6.45, 7) is 6.89. The minimum atomic E-state index is -0.540. The van der Waals surface area contributed by atoms with E-state index >= 15 is 0 Å². The van der Waals surface area contributed by atoms with Crippen LogP contribution in [0, 0.1) is 40.4 Å². The molecule has 4 fully saturated rings. The molecule has 0 aromatic carbocycles. The summed E-state index contributed by atoms with van der Waals surface area (Å²) in [5.41, 5.74) is 9.49. The first-order chi connectivity index (χ1) is 17.6. The molecule has 2 unspecified atom stereocenters. The highest BCUT2D eigenvalue weighted by Crippen LogP contribution is 2.67. The Balaban J connectivity index is 1.37. The maximum absolute atomic E-state index is 13.9. The van der Waals surface area contributed by atoms with Crippen molar-refractivity contribution >= 4 is 17.7 Å². The highest BCUT2D eigenvalue weighted by atomic mass is 16.2. The van der Waals surface area contributed by atoms with Crippen LogP contribution in [0.5, 0.6) is 0 Å². The lowest BCUT2D eigenvalue weighted by molar-refractivity contribution is -0.155. The van der Waals surface area contributed by atoms with Crippen LogP contribution in [0.4, 0.5) is 0 Å². The van der Waals surface area contributed by atoms with Gasteiger partial charge in [-0.2, -0.15) is 5.10 Å². The van der Waals surface area contributed by atoms with Crippen LogP contribution in [-0.2, 0) is 20.9 Å². The number of nitrogens with two attached hydrogens (primary N) is 1. The lowest BCUT2D eigenvalue weighted by atomic mass is 9.44. The number of nitrogens with one attached hydrogen (secondary N) is 2. The number of rotatable bonds is 5. The van der Waals surface area contributed by atoms with Crippen LogP contribution in [0.3, 0.4) is 0 Å². The van der Waals surface area contributed by atoms with Gasteiger partial charge in [0.1, 0.15) is 0 Å². The van der Waals surface area contributed by atoms with Gasteiger partial charge in [-0.05, 0) is 80.3 Å². The lowest BCUT2D eigenvalue weighted by Crippen LogP contribution is -2.63. The summed E-state index contributed by atoms with van der Waals surface area (Å²) >= 11 is 0. The number of likely N-dealkylation sites (tertiary alicyclic amines) is 1. The Labute approximate surface area is 219 Å². The Morgan fingerprint density at radius 3 is 2.65 bits per heavy atom. The second-order valence-corrected chi connectivity index (χ2v) is 13.1. The number of aromatic amines is 1. The number of hydrogen-bond acceptors (Lipinski definition) is 4. The molecule has 8 heteroatoms. The van der Waals surface area contributed by atoms with Crippen LogP contribution < -0.4 is 11.1 Å². The minimum Gasteiger partial charge on any atom is -0.369 e. The summed E-state index contributed by atoms with van der Waals surface area (Å²) in [5, 5.41) is 10.6. The van der Waals surface area contributed by atoms with Crippen molar-refractivity contribution in [3.05, 3.63) is 28.7 Å². The second kappa shape index (κ2) is 8.43. The Bertz CT molecular complexity index is 1180. The topological polar surface area (TPSA) is 121 Å². The van der Waals surface area contributed by atoms with Crippen LogP contribution in [0.15, 0.2) is 17.3 Å². The molecule has 0 spiro atoms. The molecule has 37 heavy (non-hydrogen) atoms. The Hall–Kier alpha value is -2.64.